The lowest BCUT2D eigenvalue weighted by molar-refractivity contribution is -0.134. The summed E-state index contributed by atoms with van der Waals surface area (Å²) in [6.45, 7) is 2.04. The maximum absolute atomic E-state index is 12.7. The fourth-order valence-corrected chi connectivity index (χ4v) is 4.51. The minimum atomic E-state index is -0.135. The van der Waals surface area contributed by atoms with Gasteiger partial charge in [-0.05, 0) is 43.9 Å². The fraction of sp³-hybridized carbons (Fsp3) is 0.571. The fourth-order valence-electron chi connectivity index (χ4n) is 4.51. The molecule has 27 heavy (non-hydrogen) atoms. The summed E-state index contributed by atoms with van der Waals surface area (Å²) in [6, 6.07) is 7.25. The van der Waals surface area contributed by atoms with Crippen LogP contribution in [0.5, 0.6) is 0 Å². The molecule has 1 N–H and O–H groups in total. The maximum Gasteiger partial charge on any atom is 0.251 e. The van der Waals surface area contributed by atoms with Gasteiger partial charge in [-0.25, -0.2) is 0 Å². The van der Waals surface area contributed by atoms with Crippen LogP contribution in [0.1, 0.15) is 55.3 Å². The SMILES string of the molecule is O=C(NC1CCN(C(=O)C2CCCC2)C1)c1cccc(N2CCCC2=O)c1. The van der Waals surface area contributed by atoms with Crippen molar-refractivity contribution < 1.29 is 14.4 Å². The van der Waals surface area contributed by atoms with Crippen LogP contribution in [-0.2, 0) is 9.59 Å². The molecule has 3 aliphatic rings. The molecule has 3 amide bonds. The Bertz CT molecular complexity index is 742. The number of hydrogen-bond donors (Lipinski definition) is 1. The standard InChI is InChI=1S/C21H27N3O3/c25-19-9-4-11-24(19)18-8-3-7-16(13-18)20(26)22-17-10-12-23(14-17)21(27)15-5-1-2-6-15/h3,7-8,13,15,17H,1-2,4-6,9-12,14H2,(H,22,26). The molecule has 1 aromatic rings. The van der Waals surface area contributed by atoms with Gasteiger partial charge in [0.05, 0.1) is 0 Å². The van der Waals surface area contributed by atoms with Gasteiger partial charge in [0.2, 0.25) is 11.8 Å². The third-order valence-corrected chi connectivity index (χ3v) is 6.03. The normalized spacial score (nSPS) is 23.3. The first-order valence-corrected chi connectivity index (χ1v) is 10.1. The van der Waals surface area contributed by atoms with Crippen LogP contribution in [0.25, 0.3) is 0 Å². The Morgan fingerprint density at radius 3 is 2.59 bits per heavy atom. The Kier molecular flexibility index (Phi) is 5.14. The van der Waals surface area contributed by atoms with Crippen LogP contribution in [0.4, 0.5) is 5.69 Å². The second kappa shape index (κ2) is 7.71. The first kappa shape index (κ1) is 18.0. The van der Waals surface area contributed by atoms with Crippen molar-refractivity contribution in [3.05, 3.63) is 29.8 Å². The zero-order valence-corrected chi connectivity index (χ0v) is 15.7. The molecule has 0 bridgehead atoms. The number of carbonyl (C=O) groups is 3. The van der Waals surface area contributed by atoms with Crippen LogP contribution in [0.2, 0.25) is 0 Å². The minimum absolute atomic E-state index is 0.0000668. The summed E-state index contributed by atoms with van der Waals surface area (Å²) < 4.78 is 0. The Morgan fingerprint density at radius 1 is 1.04 bits per heavy atom. The van der Waals surface area contributed by atoms with E-state index in [4.69, 9.17) is 0 Å². The van der Waals surface area contributed by atoms with Gasteiger partial charge in [0, 0.05) is 49.3 Å². The third-order valence-electron chi connectivity index (χ3n) is 6.03. The molecule has 0 spiro atoms. The van der Waals surface area contributed by atoms with E-state index in [-0.39, 0.29) is 29.7 Å². The van der Waals surface area contributed by atoms with Crippen LogP contribution >= 0.6 is 0 Å². The molecule has 2 aliphatic heterocycles. The van der Waals surface area contributed by atoms with Crippen molar-refractivity contribution >= 4 is 23.4 Å². The summed E-state index contributed by atoms with van der Waals surface area (Å²) in [5.41, 5.74) is 1.35. The number of amides is 3. The summed E-state index contributed by atoms with van der Waals surface area (Å²) in [6.07, 6.45) is 6.56. The molecule has 0 aromatic heterocycles. The van der Waals surface area contributed by atoms with E-state index in [1.807, 2.05) is 17.0 Å². The molecule has 1 saturated carbocycles. The largest absolute Gasteiger partial charge is 0.347 e. The van der Waals surface area contributed by atoms with Crippen LogP contribution in [0.3, 0.4) is 0 Å². The van der Waals surface area contributed by atoms with E-state index in [9.17, 15) is 14.4 Å². The monoisotopic (exact) mass is 369 g/mol. The van der Waals surface area contributed by atoms with E-state index in [1.54, 1.807) is 17.0 Å². The molecule has 1 aliphatic carbocycles. The topological polar surface area (TPSA) is 69.7 Å². The molecule has 3 fully saturated rings. The van der Waals surface area contributed by atoms with Crippen LogP contribution in [-0.4, -0.2) is 48.3 Å². The van der Waals surface area contributed by atoms with Gasteiger partial charge in [-0.1, -0.05) is 18.9 Å². The smallest absolute Gasteiger partial charge is 0.251 e. The Balaban J connectivity index is 1.35. The van der Waals surface area contributed by atoms with E-state index in [2.05, 4.69) is 5.32 Å². The Hall–Kier alpha value is -2.37. The molecule has 1 unspecified atom stereocenters. The van der Waals surface area contributed by atoms with E-state index < -0.39 is 0 Å². The van der Waals surface area contributed by atoms with Crippen molar-refractivity contribution in [1.82, 2.24) is 10.2 Å². The van der Waals surface area contributed by atoms with Gasteiger partial charge >= 0.3 is 0 Å². The molecule has 0 radical (unpaired) electrons. The van der Waals surface area contributed by atoms with Crippen LogP contribution < -0.4 is 10.2 Å². The summed E-state index contributed by atoms with van der Waals surface area (Å²) in [5.74, 6) is 0.431. The molecule has 2 heterocycles. The number of carbonyl (C=O) groups excluding carboxylic acids is 3. The molecule has 6 nitrogen and oxygen atoms in total. The van der Waals surface area contributed by atoms with Crippen molar-refractivity contribution in [3.8, 4) is 0 Å². The maximum atomic E-state index is 12.7. The highest BCUT2D eigenvalue weighted by molar-refractivity contribution is 5.99. The van der Waals surface area contributed by atoms with Crippen molar-refractivity contribution in [1.29, 1.82) is 0 Å². The number of anilines is 1. The van der Waals surface area contributed by atoms with Gasteiger partial charge in [0.15, 0.2) is 0 Å². The van der Waals surface area contributed by atoms with E-state index in [1.165, 1.54) is 0 Å². The predicted octanol–water partition coefficient (Wildman–Crippen LogP) is 2.33. The summed E-state index contributed by atoms with van der Waals surface area (Å²) in [7, 11) is 0. The lowest BCUT2D eigenvalue weighted by Crippen LogP contribution is -2.39. The summed E-state index contributed by atoms with van der Waals surface area (Å²) in [4.78, 5) is 40.8. The Labute approximate surface area is 159 Å². The quantitative estimate of drug-likeness (QED) is 0.886. The lowest BCUT2D eigenvalue weighted by atomic mass is 10.1. The highest BCUT2D eigenvalue weighted by Gasteiger charge is 2.33. The number of likely N-dealkylation sites (tertiary alicyclic amines) is 1. The summed E-state index contributed by atoms with van der Waals surface area (Å²) in [5, 5.41) is 3.06. The number of rotatable bonds is 4. The van der Waals surface area contributed by atoms with Crippen molar-refractivity contribution in [2.24, 2.45) is 5.92 Å². The van der Waals surface area contributed by atoms with Gasteiger partial charge in [-0.15, -0.1) is 0 Å². The highest BCUT2D eigenvalue weighted by atomic mass is 16.2. The number of nitrogens with zero attached hydrogens (tertiary/aromatic N) is 2. The van der Waals surface area contributed by atoms with E-state index in [0.717, 1.165) is 50.8 Å². The minimum Gasteiger partial charge on any atom is -0.347 e. The molecule has 1 atom stereocenters. The molecule has 2 saturated heterocycles. The predicted molar refractivity (Wildman–Crippen MR) is 102 cm³/mol. The van der Waals surface area contributed by atoms with Crippen LogP contribution in [0, 0.1) is 5.92 Å². The number of hydrogen-bond acceptors (Lipinski definition) is 3. The highest BCUT2D eigenvalue weighted by Crippen LogP contribution is 2.28. The number of nitrogens with one attached hydrogen (secondary N) is 1. The summed E-state index contributed by atoms with van der Waals surface area (Å²) >= 11 is 0. The van der Waals surface area contributed by atoms with Crippen molar-refractivity contribution in [2.45, 2.75) is 51.0 Å². The first-order valence-electron chi connectivity index (χ1n) is 10.1. The van der Waals surface area contributed by atoms with Crippen molar-refractivity contribution in [3.63, 3.8) is 0 Å². The van der Waals surface area contributed by atoms with E-state index in [0.29, 0.717) is 25.1 Å². The zero-order chi connectivity index (χ0) is 18.8. The molecule has 1 aromatic carbocycles. The van der Waals surface area contributed by atoms with Crippen LogP contribution in [0.15, 0.2) is 24.3 Å². The lowest BCUT2D eigenvalue weighted by Gasteiger charge is -2.21. The second-order valence-electron chi connectivity index (χ2n) is 7.92. The molecule has 6 heteroatoms. The van der Waals surface area contributed by atoms with Gasteiger partial charge in [0.25, 0.3) is 5.91 Å². The zero-order valence-electron chi connectivity index (χ0n) is 15.7. The molecular weight excluding hydrogens is 342 g/mol. The average Bonchev–Trinajstić information content (AvgIpc) is 3.43. The van der Waals surface area contributed by atoms with Gasteiger partial charge in [-0.3, -0.25) is 14.4 Å². The van der Waals surface area contributed by atoms with E-state index >= 15 is 0 Å². The van der Waals surface area contributed by atoms with Gasteiger partial charge in [0.1, 0.15) is 0 Å². The molecular formula is C21H27N3O3. The second-order valence-corrected chi connectivity index (χ2v) is 7.92. The molecule has 144 valence electrons. The number of benzene rings is 1. The average molecular weight is 369 g/mol. The van der Waals surface area contributed by atoms with Gasteiger partial charge < -0.3 is 15.1 Å². The Morgan fingerprint density at radius 2 is 1.85 bits per heavy atom. The third kappa shape index (κ3) is 3.84. The van der Waals surface area contributed by atoms with Gasteiger partial charge in [-0.2, -0.15) is 0 Å². The van der Waals surface area contributed by atoms with Crippen molar-refractivity contribution in [2.75, 3.05) is 24.5 Å². The first-order chi connectivity index (χ1) is 13.1. The molecule has 4 rings (SSSR count).